The van der Waals surface area contributed by atoms with Gasteiger partial charge < -0.3 is 19.3 Å². The lowest BCUT2D eigenvalue weighted by Crippen LogP contribution is -2.45. The number of fused-ring (bicyclic) bond motifs is 1. The summed E-state index contributed by atoms with van der Waals surface area (Å²) in [5.41, 5.74) is 6.57. The summed E-state index contributed by atoms with van der Waals surface area (Å²) in [6.45, 7) is 6.67. The second-order valence-electron chi connectivity index (χ2n) is 9.29. The maximum atomic E-state index is 13.3. The molecule has 0 fully saturated rings. The molecule has 0 radical (unpaired) electrons. The third-order valence-electron chi connectivity index (χ3n) is 6.93. The van der Waals surface area contributed by atoms with Crippen molar-refractivity contribution in [2.24, 2.45) is 0 Å². The maximum absolute atomic E-state index is 13.3. The van der Waals surface area contributed by atoms with Crippen molar-refractivity contribution in [2.45, 2.75) is 33.4 Å². The molecule has 0 bridgehead atoms. The van der Waals surface area contributed by atoms with Gasteiger partial charge in [0.1, 0.15) is 0 Å². The molecular weight excluding hydrogens is 468 g/mol. The third-order valence-corrected chi connectivity index (χ3v) is 6.93. The molecule has 8 nitrogen and oxygen atoms in total. The molecule has 0 spiro atoms. The highest BCUT2D eigenvalue weighted by Gasteiger charge is 2.36. The lowest BCUT2D eigenvalue weighted by atomic mass is 9.92. The monoisotopic (exact) mass is 494 g/mol. The van der Waals surface area contributed by atoms with Crippen LogP contribution in [-0.4, -0.2) is 27.9 Å². The van der Waals surface area contributed by atoms with Crippen molar-refractivity contribution in [1.29, 1.82) is 0 Å². The first-order valence-corrected chi connectivity index (χ1v) is 12.1. The van der Waals surface area contributed by atoms with E-state index >= 15 is 0 Å². The number of allylic oxidation sites excluding steroid dienone is 1. The summed E-state index contributed by atoms with van der Waals surface area (Å²) < 4.78 is 16.7. The third kappa shape index (κ3) is 4.20. The Morgan fingerprint density at radius 2 is 1.76 bits per heavy atom. The topological polar surface area (TPSA) is 89.7 Å². The quantitative estimate of drug-likeness (QED) is 0.378. The van der Waals surface area contributed by atoms with Gasteiger partial charge in [-0.05, 0) is 61.2 Å². The van der Waals surface area contributed by atoms with Crippen LogP contribution in [0.15, 0.2) is 77.0 Å². The molecule has 3 aromatic carbocycles. The van der Waals surface area contributed by atoms with Crippen LogP contribution >= 0.6 is 0 Å². The van der Waals surface area contributed by atoms with Crippen molar-refractivity contribution in [3.63, 3.8) is 0 Å². The standard InChI is InChI=1S/C29H26N4O4/c1-17-9-10-21(13-18(17)2)26-25(19(3)33(29(34)30-26)15-20-7-5-4-6-8-20)28-31-27(32-37-28)22-11-12-23-24(14-22)36-16-35-23/h4-14,26H,15-16H2,1-3H3,(H,30,34). The average molecular weight is 495 g/mol. The van der Waals surface area contributed by atoms with Crippen molar-refractivity contribution >= 4 is 11.6 Å². The molecule has 2 amide bonds. The fourth-order valence-electron chi connectivity index (χ4n) is 4.69. The molecule has 6 rings (SSSR count). The summed E-state index contributed by atoms with van der Waals surface area (Å²) >= 11 is 0. The number of nitrogens with one attached hydrogen (secondary N) is 1. The number of amides is 2. The van der Waals surface area contributed by atoms with Gasteiger partial charge in [0.25, 0.3) is 5.89 Å². The molecule has 8 heteroatoms. The first kappa shape index (κ1) is 22.8. The summed E-state index contributed by atoms with van der Waals surface area (Å²) in [6, 6.07) is 21.0. The number of nitrogens with zero attached hydrogens (tertiary/aromatic N) is 3. The Hall–Kier alpha value is -4.59. The molecule has 1 N–H and O–H groups in total. The summed E-state index contributed by atoms with van der Waals surface area (Å²) in [7, 11) is 0. The van der Waals surface area contributed by atoms with Gasteiger partial charge >= 0.3 is 6.03 Å². The minimum Gasteiger partial charge on any atom is -0.454 e. The van der Waals surface area contributed by atoms with Crippen LogP contribution in [0, 0.1) is 13.8 Å². The Morgan fingerprint density at radius 3 is 2.57 bits per heavy atom. The second-order valence-corrected chi connectivity index (χ2v) is 9.29. The highest BCUT2D eigenvalue weighted by atomic mass is 16.7. The summed E-state index contributed by atoms with van der Waals surface area (Å²) in [5, 5.41) is 7.44. The number of aryl methyl sites for hydroxylation is 2. The number of carbonyl (C=O) groups excluding carboxylic acids is 1. The fraction of sp³-hybridized carbons (Fsp3) is 0.207. The summed E-state index contributed by atoms with van der Waals surface area (Å²) in [6.07, 6.45) is 0. The molecule has 1 atom stereocenters. The number of benzene rings is 3. The van der Waals surface area contributed by atoms with Gasteiger partial charge in [-0.1, -0.05) is 53.7 Å². The second kappa shape index (κ2) is 9.13. The zero-order valence-corrected chi connectivity index (χ0v) is 20.8. The van der Waals surface area contributed by atoms with Crippen LogP contribution in [-0.2, 0) is 6.54 Å². The lowest BCUT2D eigenvalue weighted by Gasteiger charge is -2.35. The molecule has 0 saturated carbocycles. The van der Waals surface area contributed by atoms with Crippen LogP contribution in [0.4, 0.5) is 4.79 Å². The SMILES string of the molecule is CC1=C(c2nc(-c3ccc4c(c3)OCO4)no2)C(c2ccc(C)c(C)c2)NC(=O)N1Cc1ccccc1. The van der Waals surface area contributed by atoms with Crippen molar-refractivity contribution in [2.75, 3.05) is 6.79 Å². The van der Waals surface area contributed by atoms with Crippen LogP contribution in [0.2, 0.25) is 0 Å². The van der Waals surface area contributed by atoms with Crippen LogP contribution in [0.1, 0.15) is 41.1 Å². The molecular formula is C29H26N4O4. The molecule has 2 aliphatic rings. The highest BCUT2D eigenvalue weighted by Crippen LogP contribution is 2.39. The zero-order valence-electron chi connectivity index (χ0n) is 20.8. The summed E-state index contributed by atoms with van der Waals surface area (Å²) in [5.74, 6) is 2.11. The van der Waals surface area contributed by atoms with E-state index in [0.717, 1.165) is 33.5 Å². The van der Waals surface area contributed by atoms with E-state index in [1.807, 2.05) is 61.5 Å². The molecule has 0 aliphatic carbocycles. The predicted molar refractivity (Wildman–Crippen MR) is 138 cm³/mol. The van der Waals surface area contributed by atoms with Gasteiger partial charge in [0.05, 0.1) is 18.2 Å². The number of hydrogen-bond acceptors (Lipinski definition) is 6. The van der Waals surface area contributed by atoms with Gasteiger partial charge in [-0.2, -0.15) is 4.98 Å². The van der Waals surface area contributed by atoms with Crippen LogP contribution in [0.5, 0.6) is 11.5 Å². The van der Waals surface area contributed by atoms with Crippen molar-refractivity contribution in [1.82, 2.24) is 20.4 Å². The number of urea groups is 1. The molecule has 1 unspecified atom stereocenters. The molecule has 2 aliphatic heterocycles. The number of carbonyl (C=O) groups is 1. The minimum absolute atomic E-state index is 0.177. The summed E-state index contributed by atoms with van der Waals surface area (Å²) in [4.78, 5) is 19.8. The van der Waals surface area contributed by atoms with Gasteiger partial charge in [-0.25, -0.2) is 4.79 Å². The number of aromatic nitrogens is 2. The Bertz CT molecular complexity index is 1530. The molecule has 4 aromatic rings. The highest BCUT2D eigenvalue weighted by molar-refractivity contribution is 5.87. The number of ether oxygens (including phenoxy) is 2. The van der Waals surface area contributed by atoms with Crippen LogP contribution in [0.3, 0.4) is 0 Å². The Kier molecular flexibility index (Phi) is 5.64. The van der Waals surface area contributed by atoms with Gasteiger partial charge in [0.2, 0.25) is 12.6 Å². The van der Waals surface area contributed by atoms with Gasteiger partial charge in [0.15, 0.2) is 11.5 Å². The first-order valence-electron chi connectivity index (χ1n) is 12.1. The van der Waals surface area contributed by atoms with E-state index in [2.05, 4.69) is 36.5 Å². The van der Waals surface area contributed by atoms with Crippen LogP contribution < -0.4 is 14.8 Å². The van der Waals surface area contributed by atoms with E-state index < -0.39 is 6.04 Å². The molecule has 186 valence electrons. The van der Waals surface area contributed by atoms with E-state index in [4.69, 9.17) is 19.0 Å². The van der Waals surface area contributed by atoms with E-state index in [9.17, 15) is 4.79 Å². The predicted octanol–water partition coefficient (Wildman–Crippen LogP) is 5.78. The van der Waals surface area contributed by atoms with E-state index in [1.54, 1.807) is 4.90 Å². The van der Waals surface area contributed by atoms with E-state index in [-0.39, 0.29) is 12.8 Å². The Morgan fingerprint density at radius 1 is 0.946 bits per heavy atom. The lowest BCUT2D eigenvalue weighted by molar-refractivity contribution is 0.174. The first-order chi connectivity index (χ1) is 18.0. The number of rotatable bonds is 5. The largest absolute Gasteiger partial charge is 0.454 e. The zero-order chi connectivity index (χ0) is 25.5. The minimum atomic E-state index is -0.441. The molecule has 1 aromatic heterocycles. The van der Waals surface area contributed by atoms with Crippen LogP contribution in [0.25, 0.3) is 17.0 Å². The maximum Gasteiger partial charge on any atom is 0.322 e. The normalized spacial score (nSPS) is 16.8. The van der Waals surface area contributed by atoms with Crippen molar-refractivity contribution in [3.8, 4) is 22.9 Å². The Balaban J connectivity index is 1.44. The molecule has 37 heavy (non-hydrogen) atoms. The smallest absolute Gasteiger partial charge is 0.322 e. The van der Waals surface area contributed by atoms with Gasteiger partial charge in [-0.15, -0.1) is 0 Å². The van der Waals surface area contributed by atoms with Crippen molar-refractivity contribution in [3.05, 3.63) is 101 Å². The average Bonchev–Trinajstić information content (AvgIpc) is 3.58. The van der Waals surface area contributed by atoms with Crippen molar-refractivity contribution < 1.29 is 18.8 Å². The van der Waals surface area contributed by atoms with Gasteiger partial charge in [0, 0.05) is 11.3 Å². The molecule has 0 saturated heterocycles. The van der Waals surface area contributed by atoms with E-state index in [0.29, 0.717) is 29.8 Å². The Labute approximate surface area is 214 Å². The fourth-order valence-corrected chi connectivity index (χ4v) is 4.69. The molecule has 3 heterocycles. The number of hydrogen-bond donors (Lipinski definition) is 1. The van der Waals surface area contributed by atoms with E-state index in [1.165, 1.54) is 5.56 Å². The van der Waals surface area contributed by atoms with Gasteiger partial charge in [-0.3, -0.25) is 4.90 Å².